The molecule has 4 nitrogen and oxygen atoms in total. The van der Waals surface area contributed by atoms with E-state index in [0.717, 1.165) is 29.5 Å². The van der Waals surface area contributed by atoms with Crippen molar-refractivity contribution < 1.29 is 4.92 Å². The summed E-state index contributed by atoms with van der Waals surface area (Å²) in [6, 6.07) is 7.30. The largest absolute Gasteiger partial charge is 0.296 e. The molecule has 0 fully saturated rings. The highest BCUT2D eigenvalue weighted by atomic mass is 35.5. The number of hydrogen-bond acceptors (Lipinski definition) is 4. The van der Waals surface area contributed by atoms with Crippen LogP contribution in [0.5, 0.6) is 0 Å². The first kappa shape index (κ1) is 14.6. The lowest BCUT2D eigenvalue weighted by Gasteiger charge is -2.13. The van der Waals surface area contributed by atoms with E-state index >= 15 is 0 Å². The van der Waals surface area contributed by atoms with Crippen molar-refractivity contribution >= 4 is 38.8 Å². The maximum Gasteiger partial charge on any atom is 0.296 e. The molecule has 0 atom stereocenters. The van der Waals surface area contributed by atoms with Gasteiger partial charge in [-0.05, 0) is 37.3 Å². The van der Waals surface area contributed by atoms with Crippen LogP contribution < -0.4 is 0 Å². The first-order valence-electron chi connectivity index (χ1n) is 7.49. The minimum absolute atomic E-state index is 0.0248. The Bertz CT molecular complexity index is 936. The Hall–Kier alpha value is -1.98. The van der Waals surface area contributed by atoms with Crippen LogP contribution in [0.1, 0.15) is 23.3 Å². The highest BCUT2D eigenvalue weighted by Gasteiger charge is 2.27. The second kappa shape index (κ2) is 5.58. The molecule has 2 aromatic heterocycles. The Morgan fingerprint density at radius 3 is 2.78 bits per heavy atom. The number of halogens is 1. The Kier molecular flexibility index (Phi) is 3.54. The smallest absolute Gasteiger partial charge is 0.258 e. The monoisotopic (exact) mass is 344 g/mol. The number of fused-ring (bicyclic) bond motifs is 3. The zero-order valence-electron chi connectivity index (χ0n) is 12.2. The molecule has 0 saturated heterocycles. The third kappa shape index (κ3) is 2.31. The lowest BCUT2D eigenvalue weighted by molar-refractivity contribution is -0.384. The molecule has 2 heterocycles. The van der Waals surface area contributed by atoms with E-state index < -0.39 is 0 Å². The normalized spacial score (nSPS) is 14.0. The third-order valence-electron chi connectivity index (χ3n) is 4.30. The summed E-state index contributed by atoms with van der Waals surface area (Å²) in [5.41, 5.74) is 2.57. The van der Waals surface area contributed by atoms with Crippen LogP contribution in [0.25, 0.3) is 21.3 Å². The number of rotatable bonds is 2. The third-order valence-corrected chi connectivity index (χ3v) is 5.83. The summed E-state index contributed by atoms with van der Waals surface area (Å²) in [6.45, 7) is 0. The van der Waals surface area contributed by atoms with Gasteiger partial charge in [0.2, 0.25) is 0 Å². The fraction of sp³-hybridized carbons (Fsp3) is 0.235. The van der Waals surface area contributed by atoms with Crippen molar-refractivity contribution in [3.8, 4) is 11.1 Å². The van der Waals surface area contributed by atoms with Crippen LogP contribution in [0, 0.1) is 10.1 Å². The van der Waals surface area contributed by atoms with Crippen LogP contribution in [0.4, 0.5) is 5.69 Å². The first-order chi connectivity index (χ1) is 11.2. The second-order valence-corrected chi connectivity index (χ2v) is 7.14. The van der Waals surface area contributed by atoms with Crippen LogP contribution >= 0.6 is 22.9 Å². The summed E-state index contributed by atoms with van der Waals surface area (Å²) < 4.78 is 0. The van der Waals surface area contributed by atoms with E-state index in [4.69, 9.17) is 11.6 Å². The molecular weight excluding hydrogens is 332 g/mol. The molecule has 0 aliphatic heterocycles. The SMILES string of the molecule is O=[N+]([O-])c1cnc2sc3c(c2c1-c1ccccc1Cl)CCCC3. The number of pyridine rings is 1. The maximum absolute atomic E-state index is 11.6. The minimum Gasteiger partial charge on any atom is -0.258 e. The molecule has 3 aromatic rings. The van der Waals surface area contributed by atoms with Crippen molar-refractivity contribution in [2.24, 2.45) is 0 Å². The summed E-state index contributed by atoms with van der Waals surface area (Å²) in [6.07, 6.45) is 5.64. The van der Waals surface area contributed by atoms with E-state index in [1.807, 2.05) is 18.2 Å². The zero-order chi connectivity index (χ0) is 16.0. The van der Waals surface area contributed by atoms with Gasteiger partial charge in [0.05, 0.1) is 10.5 Å². The number of aromatic nitrogens is 1. The summed E-state index contributed by atoms with van der Waals surface area (Å²) in [5, 5.41) is 13.0. The molecule has 1 aliphatic carbocycles. The van der Waals surface area contributed by atoms with Crippen molar-refractivity contribution in [3.63, 3.8) is 0 Å². The predicted molar refractivity (Wildman–Crippen MR) is 93.4 cm³/mol. The molecule has 4 rings (SSSR count). The van der Waals surface area contributed by atoms with Crippen LogP contribution in [0.2, 0.25) is 5.02 Å². The van der Waals surface area contributed by atoms with Gasteiger partial charge >= 0.3 is 0 Å². The van der Waals surface area contributed by atoms with E-state index in [-0.39, 0.29) is 10.6 Å². The lowest BCUT2D eigenvalue weighted by atomic mass is 9.92. The van der Waals surface area contributed by atoms with Gasteiger partial charge in [-0.2, -0.15) is 0 Å². The van der Waals surface area contributed by atoms with Gasteiger partial charge in [0.15, 0.2) is 0 Å². The van der Waals surface area contributed by atoms with E-state index in [0.29, 0.717) is 16.1 Å². The molecule has 1 aromatic carbocycles. The fourth-order valence-corrected chi connectivity index (χ4v) is 4.76. The molecule has 0 radical (unpaired) electrons. The molecule has 0 bridgehead atoms. The van der Waals surface area contributed by atoms with Gasteiger partial charge in [0.25, 0.3) is 5.69 Å². The Labute approximate surface area is 141 Å². The zero-order valence-corrected chi connectivity index (χ0v) is 13.8. The number of aryl methyl sites for hydroxylation is 2. The van der Waals surface area contributed by atoms with Crippen molar-refractivity contribution in [3.05, 3.63) is 56.0 Å². The molecule has 0 amide bonds. The number of thiophene rings is 1. The molecule has 1 aliphatic rings. The van der Waals surface area contributed by atoms with Crippen molar-refractivity contribution in [1.29, 1.82) is 0 Å². The van der Waals surface area contributed by atoms with E-state index in [2.05, 4.69) is 4.98 Å². The topological polar surface area (TPSA) is 56.0 Å². The van der Waals surface area contributed by atoms with Gasteiger partial charge in [-0.25, -0.2) is 4.98 Å². The molecule has 0 N–H and O–H groups in total. The minimum atomic E-state index is -0.363. The number of nitro groups is 1. The standard InChI is InChI=1S/C17H13ClN2O2S/c18-12-7-3-1-5-10(12)15-13(20(21)22)9-19-17-16(15)11-6-2-4-8-14(11)23-17/h1,3,5,7,9H,2,4,6,8H2. The summed E-state index contributed by atoms with van der Waals surface area (Å²) in [7, 11) is 0. The Balaban J connectivity index is 2.14. The van der Waals surface area contributed by atoms with E-state index in [1.165, 1.54) is 23.1 Å². The number of nitrogens with zero attached hydrogens (tertiary/aromatic N) is 2. The molecule has 23 heavy (non-hydrogen) atoms. The van der Waals surface area contributed by atoms with E-state index in [9.17, 15) is 10.1 Å². The van der Waals surface area contributed by atoms with Gasteiger partial charge < -0.3 is 0 Å². The average molecular weight is 345 g/mol. The van der Waals surface area contributed by atoms with Gasteiger partial charge in [0, 0.05) is 20.8 Å². The summed E-state index contributed by atoms with van der Waals surface area (Å²) in [4.78, 5) is 17.7. The predicted octanol–water partition coefficient (Wildman–Crippen LogP) is 5.40. The molecule has 116 valence electrons. The highest BCUT2D eigenvalue weighted by Crippen LogP contribution is 2.45. The van der Waals surface area contributed by atoms with Gasteiger partial charge in [-0.1, -0.05) is 29.8 Å². The van der Waals surface area contributed by atoms with Gasteiger partial charge in [-0.15, -0.1) is 11.3 Å². The average Bonchev–Trinajstić information content (AvgIpc) is 2.93. The van der Waals surface area contributed by atoms with Gasteiger partial charge in [0.1, 0.15) is 11.0 Å². The quantitative estimate of drug-likeness (QED) is 0.461. The molecular formula is C17H13ClN2O2S. The molecule has 0 spiro atoms. The Morgan fingerprint density at radius 2 is 2.00 bits per heavy atom. The summed E-state index contributed by atoms with van der Waals surface area (Å²) >= 11 is 8.00. The van der Waals surface area contributed by atoms with E-state index in [1.54, 1.807) is 17.4 Å². The van der Waals surface area contributed by atoms with Crippen molar-refractivity contribution in [2.45, 2.75) is 25.7 Å². The molecule has 6 heteroatoms. The van der Waals surface area contributed by atoms with Crippen LogP contribution in [-0.4, -0.2) is 9.91 Å². The first-order valence-corrected chi connectivity index (χ1v) is 8.69. The maximum atomic E-state index is 11.6. The number of hydrogen-bond donors (Lipinski definition) is 0. The van der Waals surface area contributed by atoms with Crippen molar-refractivity contribution in [2.75, 3.05) is 0 Å². The second-order valence-electron chi connectivity index (χ2n) is 5.65. The lowest BCUT2D eigenvalue weighted by Crippen LogP contribution is -2.00. The number of benzene rings is 1. The van der Waals surface area contributed by atoms with Gasteiger partial charge in [-0.3, -0.25) is 10.1 Å². The summed E-state index contributed by atoms with van der Waals surface area (Å²) in [5.74, 6) is 0. The molecule has 0 unspecified atom stereocenters. The fourth-order valence-electron chi connectivity index (χ4n) is 3.29. The molecule has 0 saturated carbocycles. The van der Waals surface area contributed by atoms with Crippen molar-refractivity contribution in [1.82, 2.24) is 4.98 Å². The van der Waals surface area contributed by atoms with Crippen LogP contribution in [0.3, 0.4) is 0 Å². The highest BCUT2D eigenvalue weighted by molar-refractivity contribution is 7.19. The van der Waals surface area contributed by atoms with Crippen LogP contribution in [-0.2, 0) is 12.8 Å². The Morgan fingerprint density at radius 1 is 1.22 bits per heavy atom. The van der Waals surface area contributed by atoms with Crippen LogP contribution in [0.15, 0.2) is 30.5 Å².